The Morgan fingerprint density at radius 2 is 2.05 bits per heavy atom. The molecule has 2 N–H and O–H groups in total. The summed E-state index contributed by atoms with van der Waals surface area (Å²) in [4.78, 5) is 7.29. The van der Waals surface area contributed by atoms with Crippen LogP contribution in [-0.2, 0) is 6.18 Å². The first kappa shape index (κ1) is 14.0. The highest BCUT2D eigenvalue weighted by Crippen LogP contribution is 2.29. The van der Waals surface area contributed by atoms with Crippen LogP contribution in [0.15, 0.2) is 12.3 Å². The van der Waals surface area contributed by atoms with Gasteiger partial charge < -0.3 is 10.4 Å². The maximum atomic E-state index is 12.5. The zero-order valence-corrected chi connectivity index (χ0v) is 10.3. The lowest BCUT2D eigenvalue weighted by Crippen LogP contribution is -2.35. The normalized spacial score (nSPS) is 24.2. The number of nitrogens with one attached hydrogen (secondary N) is 1. The Balaban J connectivity index is 2.10. The molecular formula is C12H16F3N3O. The van der Waals surface area contributed by atoms with Crippen LogP contribution < -0.4 is 5.32 Å². The molecule has 0 spiro atoms. The van der Waals surface area contributed by atoms with Gasteiger partial charge in [0.15, 0.2) is 0 Å². The fourth-order valence-corrected chi connectivity index (χ4v) is 2.37. The minimum Gasteiger partial charge on any atom is -0.396 e. The van der Waals surface area contributed by atoms with Crippen LogP contribution in [0.3, 0.4) is 0 Å². The van der Waals surface area contributed by atoms with E-state index in [-0.39, 0.29) is 24.5 Å². The summed E-state index contributed by atoms with van der Waals surface area (Å²) in [6, 6.07) is 0.775. The van der Waals surface area contributed by atoms with E-state index in [1.165, 1.54) is 0 Å². The van der Waals surface area contributed by atoms with Crippen molar-refractivity contribution in [1.29, 1.82) is 0 Å². The monoisotopic (exact) mass is 275 g/mol. The van der Waals surface area contributed by atoms with Crippen LogP contribution in [0.1, 0.15) is 31.4 Å². The van der Waals surface area contributed by atoms with Crippen molar-refractivity contribution in [3.63, 3.8) is 0 Å². The molecular weight excluding hydrogens is 259 g/mol. The smallest absolute Gasteiger partial charge is 0.396 e. The second-order valence-corrected chi connectivity index (χ2v) is 4.74. The molecule has 0 aromatic carbocycles. The highest BCUT2D eigenvalue weighted by Gasteiger charge is 2.33. The summed E-state index contributed by atoms with van der Waals surface area (Å²) in [6.45, 7) is 0.0244. The van der Waals surface area contributed by atoms with E-state index in [1.54, 1.807) is 0 Å². The molecule has 0 saturated heterocycles. The predicted molar refractivity (Wildman–Crippen MR) is 63.5 cm³/mol. The van der Waals surface area contributed by atoms with Crippen molar-refractivity contribution in [2.75, 3.05) is 11.9 Å². The molecule has 0 aliphatic heterocycles. The maximum absolute atomic E-state index is 12.5. The van der Waals surface area contributed by atoms with E-state index in [0.717, 1.165) is 37.9 Å². The number of halogens is 3. The van der Waals surface area contributed by atoms with Crippen LogP contribution >= 0.6 is 0 Å². The molecule has 0 bridgehead atoms. The van der Waals surface area contributed by atoms with E-state index < -0.39 is 11.9 Å². The lowest BCUT2D eigenvalue weighted by atomic mass is 9.85. The largest absolute Gasteiger partial charge is 0.433 e. The number of hydrogen-bond donors (Lipinski definition) is 2. The van der Waals surface area contributed by atoms with E-state index in [2.05, 4.69) is 15.3 Å². The SMILES string of the molecule is OC[C@H]1CCCC[C@H]1Nc1nccc(C(F)(F)F)n1. The third kappa shape index (κ3) is 3.56. The second-order valence-electron chi connectivity index (χ2n) is 4.74. The van der Waals surface area contributed by atoms with Crippen LogP contribution in [0.5, 0.6) is 0 Å². The summed E-state index contributed by atoms with van der Waals surface area (Å²) in [5.41, 5.74) is -0.957. The maximum Gasteiger partial charge on any atom is 0.433 e. The first-order chi connectivity index (χ1) is 9.00. The van der Waals surface area contributed by atoms with Gasteiger partial charge in [0, 0.05) is 24.8 Å². The van der Waals surface area contributed by atoms with E-state index >= 15 is 0 Å². The summed E-state index contributed by atoms with van der Waals surface area (Å²) in [6.07, 6.45) is 0.329. The topological polar surface area (TPSA) is 58.0 Å². The highest BCUT2D eigenvalue weighted by atomic mass is 19.4. The zero-order valence-electron chi connectivity index (χ0n) is 10.3. The molecule has 2 atom stereocenters. The molecule has 1 aromatic rings. The minimum absolute atomic E-state index is 0.0244. The Morgan fingerprint density at radius 1 is 1.32 bits per heavy atom. The van der Waals surface area contributed by atoms with E-state index in [4.69, 9.17) is 0 Å². The van der Waals surface area contributed by atoms with Gasteiger partial charge in [0.2, 0.25) is 5.95 Å². The lowest BCUT2D eigenvalue weighted by molar-refractivity contribution is -0.141. The zero-order chi connectivity index (χ0) is 13.9. The van der Waals surface area contributed by atoms with Gasteiger partial charge in [-0.1, -0.05) is 12.8 Å². The van der Waals surface area contributed by atoms with Crippen molar-refractivity contribution < 1.29 is 18.3 Å². The molecule has 106 valence electrons. The van der Waals surface area contributed by atoms with Crippen LogP contribution in [0.4, 0.5) is 19.1 Å². The molecule has 7 heteroatoms. The summed E-state index contributed by atoms with van der Waals surface area (Å²) >= 11 is 0. The van der Waals surface area contributed by atoms with Crippen LogP contribution in [0.25, 0.3) is 0 Å². The Morgan fingerprint density at radius 3 is 2.74 bits per heavy atom. The number of aromatic nitrogens is 2. The van der Waals surface area contributed by atoms with Crippen molar-refractivity contribution in [2.24, 2.45) is 5.92 Å². The van der Waals surface area contributed by atoms with Gasteiger partial charge in [-0.05, 0) is 18.9 Å². The summed E-state index contributed by atoms with van der Waals surface area (Å²) in [7, 11) is 0. The molecule has 4 nitrogen and oxygen atoms in total. The van der Waals surface area contributed by atoms with Gasteiger partial charge in [0.25, 0.3) is 0 Å². The second kappa shape index (κ2) is 5.73. The quantitative estimate of drug-likeness (QED) is 0.889. The highest BCUT2D eigenvalue weighted by molar-refractivity contribution is 5.28. The van der Waals surface area contributed by atoms with Crippen molar-refractivity contribution in [2.45, 2.75) is 37.9 Å². The standard InChI is InChI=1S/C12H16F3N3O/c13-12(14,15)10-5-6-16-11(18-10)17-9-4-2-1-3-8(9)7-19/h5-6,8-9,19H,1-4,7H2,(H,16,17,18)/t8-,9-/m1/s1. The fourth-order valence-electron chi connectivity index (χ4n) is 2.37. The van der Waals surface area contributed by atoms with Gasteiger partial charge in [0.05, 0.1) is 0 Å². The van der Waals surface area contributed by atoms with E-state index in [9.17, 15) is 18.3 Å². The number of hydrogen-bond acceptors (Lipinski definition) is 4. The third-order valence-corrected chi connectivity index (χ3v) is 3.40. The number of nitrogens with zero attached hydrogens (tertiary/aromatic N) is 2. The van der Waals surface area contributed by atoms with Gasteiger partial charge in [-0.2, -0.15) is 13.2 Å². The van der Waals surface area contributed by atoms with Crippen molar-refractivity contribution in [3.05, 3.63) is 18.0 Å². The molecule has 1 heterocycles. The van der Waals surface area contributed by atoms with Gasteiger partial charge >= 0.3 is 6.18 Å². The summed E-state index contributed by atoms with van der Waals surface area (Å²) in [5, 5.41) is 12.2. The van der Waals surface area contributed by atoms with Crippen LogP contribution in [0, 0.1) is 5.92 Å². The molecule has 19 heavy (non-hydrogen) atoms. The third-order valence-electron chi connectivity index (χ3n) is 3.40. The number of rotatable bonds is 3. The summed E-state index contributed by atoms with van der Waals surface area (Å²) < 4.78 is 37.6. The number of alkyl halides is 3. The minimum atomic E-state index is -4.47. The average Bonchev–Trinajstić information content (AvgIpc) is 2.39. The lowest BCUT2D eigenvalue weighted by Gasteiger charge is -2.30. The van der Waals surface area contributed by atoms with Gasteiger partial charge in [-0.3, -0.25) is 0 Å². The Hall–Kier alpha value is -1.37. The van der Waals surface area contributed by atoms with Crippen molar-refractivity contribution >= 4 is 5.95 Å². The van der Waals surface area contributed by atoms with Crippen molar-refractivity contribution in [1.82, 2.24) is 9.97 Å². The fraction of sp³-hybridized carbons (Fsp3) is 0.667. The molecule has 1 aliphatic rings. The van der Waals surface area contributed by atoms with Gasteiger partial charge in [0.1, 0.15) is 5.69 Å². The molecule has 1 fully saturated rings. The van der Waals surface area contributed by atoms with Crippen LogP contribution in [0.2, 0.25) is 0 Å². The molecule has 0 unspecified atom stereocenters. The summed E-state index contributed by atoms with van der Waals surface area (Å²) in [5.74, 6) is 0.0204. The molecule has 0 amide bonds. The molecule has 2 rings (SSSR count). The average molecular weight is 275 g/mol. The van der Waals surface area contributed by atoms with Crippen LogP contribution in [-0.4, -0.2) is 27.7 Å². The number of aliphatic hydroxyl groups excluding tert-OH is 1. The van der Waals surface area contributed by atoms with Crippen molar-refractivity contribution in [3.8, 4) is 0 Å². The Labute approximate surface area is 109 Å². The predicted octanol–water partition coefficient (Wildman–Crippen LogP) is 2.46. The number of aliphatic hydroxyl groups is 1. The Kier molecular flexibility index (Phi) is 4.24. The van der Waals surface area contributed by atoms with E-state index in [1.807, 2.05) is 0 Å². The molecule has 0 radical (unpaired) electrons. The first-order valence-corrected chi connectivity index (χ1v) is 6.28. The van der Waals surface area contributed by atoms with Gasteiger partial charge in [-0.25, -0.2) is 9.97 Å². The molecule has 1 aromatic heterocycles. The Bertz CT molecular complexity index is 425. The molecule has 1 saturated carbocycles. The first-order valence-electron chi connectivity index (χ1n) is 6.28. The van der Waals surface area contributed by atoms with Gasteiger partial charge in [-0.15, -0.1) is 0 Å². The number of anilines is 1. The van der Waals surface area contributed by atoms with E-state index in [0.29, 0.717) is 0 Å². The molecule has 1 aliphatic carbocycles.